The summed E-state index contributed by atoms with van der Waals surface area (Å²) >= 11 is 0. The molecule has 0 aromatic carbocycles. The molecule has 6 nitrogen and oxygen atoms in total. The van der Waals surface area contributed by atoms with E-state index in [1.165, 1.54) is 44.9 Å². The predicted molar refractivity (Wildman–Crippen MR) is 89.1 cm³/mol. The smallest absolute Gasteiger partial charge is 0.332 e. The quantitative estimate of drug-likeness (QED) is 0.378. The minimum absolute atomic E-state index is 0.0537. The van der Waals surface area contributed by atoms with Crippen molar-refractivity contribution in [3.63, 3.8) is 0 Å². The van der Waals surface area contributed by atoms with E-state index in [1.807, 2.05) is 5.48 Å². The lowest BCUT2D eigenvalue weighted by atomic mass is 10.1. The van der Waals surface area contributed by atoms with E-state index in [1.54, 1.807) is 0 Å². The van der Waals surface area contributed by atoms with Crippen molar-refractivity contribution in [2.75, 3.05) is 0 Å². The molecule has 0 radical (unpaired) electrons. The highest BCUT2D eigenvalue weighted by atomic mass is 16.7. The van der Waals surface area contributed by atoms with Crippen molar-refractivity contribution in [3.05, 3.63) is 0 Å². The van der Waals surface area contributed by atoms with E-state index in [2.05, 4.69) is 11.8 Å². The van der Waals surface area contributed by atoms with Crippen LogP contribution in [0.5, 0.6) is 0 Å². The first kappa shape index (κ1) is 21.4. The fourth-order valence-electron chi connectivity index (χ4n) is 2.21. The third kappa shape index (κ3) is 16.6. The number of hydrogen-bond acceptors (Lipinski definition) is 4. The first-order chi connectivity index (χ1) is 11.1. The summed E-state index contributed by atoms with van der Waals surface area (Å²) in [4.78, 5) is 37.7. The van der Waals surface area contributed by atoms with Crippen LogP contribution in [-0.2, 0) is 19.2 Å². The molecular formula is C17H32N2O4. The molecule has 0 aromatic rings. The van der Waals surface area contributed by atoms with Crippen LogP contribution in [0.15, 0.2) is 0 Å². The highest BCUT2D eigenvalue weighted by Gasteiger charge is 2.08. The number of carbonyl (C=O) groups is 3. The van der Waals surface area contributed by atoms with Crippen molar-refractivity contribution < 1.29 is 19.2 Å². The molecule has 0 aliphatic carbocycles. The Balaban J connectivity index is 3.33. The Morgan fingerprint density at radius 3 is 1.83 bits per heavy atom. The molecule has 0 unspecified atom stereocenters. The number of primary amides is 1. The van der Waals surface area contributed by atoms with Gasteiger partial charge in [0.1, 0.15) is 0 Å². The lowest BCUT2D eigenvalue weighted by Crippen LogP contribution is -2.28. The molecule has 0 aliphatic heterocycles. The van der Waals surface area contributed by atoms with Gasteiger partial charge in [-0.1, -0.05) is 64.7 Å². The molecular weight excluding hydrogens is 296 g/mol. The van der Waals surface area contributed by atoms with E-state index in [0.717, 1.165) is 19.3 Å². The fourth-order valence-corrected chi connectivity index (χ4v) is 2.21. The van der Waals surface area contributed by atoms with Crippen LogP contribution in [0.25, 0.3) is 0 Å². The summed E-state index contributed by atoms with van der Waals surface area (Å²) in [5.74, 6) is -1.52. The Morgan fingerprint density at radius 1 is 0.783 bits per heavy atom. The van der Waals surface area contributed by atoms with Crippen molar-refractivity contribution >= 4 is 17.8 Å². The molecule has 0 aliphatic rings. The number of carbonyl (C=O) groups excluding carboxylic acids is 3. The van der Waals surface area contributed by atoms with Crippen LogP contribution in [0.4, 0.5) is 0 Å². The summed E-state index contributed by atoms with van der Waals surface area (Å²) in [6, 6.07) is 0. The van der Waals surface area contributed by atoms with Crippen LogP contribution < -0.4 is 11.2 Å². The molecule has 0 rings (SSSR count). The first-order valence-electron chi connectivity index (χ1n) is 8.83. The zero-order chi connectivity index (χ0) is 17.3. The molecule has 0 saturated carbocycles. The van der Waals surface area contributed by atoms with E-state index < -0.39 is 17.8 Å². The molecule has 0 saturated heterocycles. The van der Waals surface area contributed by atoms with Crippen molar-refractivity contribution in [2.45, 2.75) is 90.4 Å². The molecule has 134 valence electrons. The lowest BCUT2D eigenvalue weighted by molar-refractivity contribution is -0.158. The molecule has 3 N–H and O–H groups in total. The van der Waals surface area contributed by atoms with Gasteiger partial charge in [0.25, 0.3) is 5.91 Å². The van der Waals surface area contributed by atoms with Crippen LogP contribution >= 0.6 is 0 Å². The second kappa shape index (κ2) is 15.3. The molecule has 2 amide bonds. The second-order valence-electron chi connectivity index (χ2n) is 5.90. The molecule has 0 spiro atoms. The van der Waals surface area contributed by atoms with E-state index in [0.29, 0.717) is 6.42 Å². The van der Waals surface area contributed by atoms with Crippen LogP contribution in [0.2, 0.25) is 0 Å². The van der Waals surface area contributed by atoms with Crippen molar-refractivity contribution in [2.24, 2.45) is 5.73 Å². The summed E-state index contributed by atoms with van der Waals surface area (Å²) < 4.78 is 0. The molecule has 0 aromatic heterocycles. The molecule has 23 heavy (non-hydrogen) atoms. The van der Waals surface area contributed by atoms with Crippen molar-refractivity contribution in [1.29, 1.82) is 0 Å². The highest BCUT2D eigenvalue weighted by molar-refractivity contribution is 5.83. The largest absolute Gasteiger partial charge is 0.370 e. The van der Waals surface area contributed by atoms with Gasteiger partial charge in [-0.15, -0.1) is 0 Å². The number of amides is 2. The minimum atomic E-state index is -0.558. The third-order valence-electron chi connectivity index (χ3n) is 3.61. The number of rotatable bonds is 14. The summed E-state index contributed by atoms with van der Waals surface area (Å²) in [6.07, 6.45) is 12.1. The van der Waals surface area contributed by atoms with E-state index in [9.17, 15) is 14.4 Å². The summed E-state index contributed by atoms with van der Waals surface area (Å²) in [7, 11) is 0. The third-order valence-corrected chi connectivity index (χ3v) is 3.61. The maximum atomic E-state index is 11.4. The van der Waals surface area contributed by atoms with Gasteiger partial charge in [0, 0.05) is 19.3 Å². The van der Waals surface area contributed by atoms with Crippen molar-refractivity contribution in [3.8, 4) is 0 Å². The number of hydrogen-bond donors (Lipinski definition) is 2. The van der Waals surface area contributed by atoms with Crippen LogP contribution in [0.1, 0.15) is 90.4 Å². The van der Waals surface area contributed by atoms with Gasteiger partial charge in [-0.2, -0.15) is 5.48 Å². The Labute approximate surface area is 139 Å². The Kier molecular flexibility index (Phi) is 14.3. The average molecular weight is 328 g/mol. The monoisotopic (exact) mass is 328 g/mol. The Hall–Kier alpha value is -1.59. The first-order valence-corrected chi connectivity index (χ1v) is 8.83. The highest BCUT2D eigenvalue weighted by Crippen LogP contribution is 2.11. The van der Waals surface area contributed by atoms with Gasteiger partial charge < -0.3 is 10.6 Å². The van der Waals surface area contributed by atoms with E-state index in [4.69, 9.17) is 5.73 Å². The fraction of sp³-hybridized carbons (Fsp3) is 0.824. The van der Waals surface area contributed by atoms with Gasteiger partial charge in [-0.25, -0.2) is 4.79 Å². The Bertz CT molecular complexity index is 345. The maximum absolute atomic E-state index is 11.4. The average Bonchev–Trinajstić information content (AvgIpc) is 2.52. The van der Waals surface area contributed by atoms with Gasteiger partial charge in [0.2, 0.25) is 5.91 Å². The molecule has 6 heteroatoms. The van der Waals surface area contributed by atoms with Crippen LogP contribution in [0, 0.1) is 0 Å². The lowest BCUT2D eigenvalue weighted by Gasteiger charge is -2.05. The minimum Gasteiger partial charge on any atom is -0.370 e. The van der Waals surface area contributed by atoms with Gasteiger partial charge in [-0.3, -0.25) is 9.59 Å². The zero-order valence-electron chi connectivity index (χ0n) is 14.4. The van der Waals surface area contributed by atoms with Gasteiger partial charge in [-0.05, 0) is 6.42 Å². The number of nitrogens with two attached hydrogens (primary N) is 1. The van der Waals surface area contributed by atoms with Gasteiger partial charge in [0.05, 0.1) is 0 Å². The van der Waals surface area contributed by atoms with Crippen LogP contribution in [0.3, 0.4) is 0 Å². The SMILES string of the molecule is CCCCCCCCCCCCC(=O)ONC(=O)CCC(N)=O. The topological polar surface area (TPSA) is 98.5 Å². The maximum Gasteiger partial charge on any atom is 0.332 e. The zero-order valence-corrected chi connectivity index (χ0v) is 14.4. The number of unbranched alkanes of at least 4 members (excludes halogenated alkanes) is 9. The molecule has 0 fully saturated rings. The molecule has 0 atom stereocenters. The summed E-state index contributed by atoms with van der Waals surface area (Å²) in [6.45, 7) is 2.22. The molecule has 0 heterocycles. The van der Waals surface area contributed by atoms with E-state index >= 15 is 0 Å². The second-order valence-corrected chi connectivity index (χ2v) is 5.90. The Morgan fingerprint density at radius 2 is 1.30 bits per heavy atom. The standard InChI is InChI=1S/C17H32N2O4/c1-2-3-4-5-6-7-8-9-10-11-12-17(22)23-19-16(21)14-13-15(18)20/h2-14H2,1H3,(H2,18,20)(H,19,21). The van der Waals surface area contributed by atoms with Gasteiger partial charge >= 0.3 is 5.97 Å². The number of nitrogens with one attached hydrogen (secondary N) is 1. The van der Waals surface area contributed by atoms with Crippen molar-refractivity contribution in [1.82, 2.24) is 5.48 Å². The normalized spacial score (nSPS) is 10.3. The predicted octanol–water partition coefficient (Wildman–Crippen LogP) is 3.14. The van der Waals surface area contributed by atoms with Crippen LogP contribution in [-0.4, -0.2) is 17.8 Å². The number of hydroxylamine groups is 1. The summed E-state index contributed by atoms with van der Waals surface area (Å²) in [5.41, 5.74) is 6.94. The summed E-state index contributed by atoms with van der Waals surface area (Å²) in [5, 5.41) is 0. The molecule has 0 bridgehead atoms. The van der Waals surface area contributed by atoms with E-state index in [-0.39, 0.29) is 12.8 Å². The van der Waals surface area contributed by atoms with Gasteiger partial charge in [0.15, 0.2) is 0 Å².